The monoisotopic (exact) mass is 236 g/mol. The lowest BCUT2D eigenvalue weighted by atomic mass is 9.96. The molecule has 0 aliphatic rings. The van der Waals surface area contributed by atoms with E-state index < -0.39 is 0 Å². The molecule has 0 unspecified atom stereocenters. The van der Waals surface area contributed by atoms with Gasteiger partial charge in [-0.15, -0.1) is 0 Å². The van der Waals surface area contributed by atoms with Gasteiger partial charge >= 0.3 is 0 Å². The third-order valence-electron chi connectivity index (χ3n) is 2.99. The number of benzene rings is 1. The van der Waals surface area contributed by atoms with E-state index in [2.05, 4.69) is 37.7 Å². The summed E-state index contributed by atoms with van der Waals surface area (Å²) in [6.45, 7) is 5.85. The fourth-order valence-corrected chi connectivity index (χ4v) is 2.12. The predicted octanol–water partition coefficient (Wildman–Crippen LogP) is 2.13. The maximum Gasteiger partial charge on any atom is 0.120 e. The molecule has 0 saturated carbocycles. The van der Waals surface area contributed by atoms with Gasteiger partial charge in [-0.2, -0.15) is 0 Å². The molecule has 1 aromatic rings. The van der Waals surface area contributed by atoms with Gasteiger partial charge in [-0.25, -0.2) is 0 Å². The van der Waals surface area contributed by atoms with Crippen molar-refractivity contribution in [3.05, 3.63) is 28.3 Å². The Morgan fingerprint density at radius 1 is 0.941 bits per heavy atom. The van der Waals surface area contributed by atoms with Crippen LogP contribution in [0.25, 0.3) is 0 Å². The first-order chi connectivity index (χ1) is 7.82. The second-order valence-electron chi connectivity index (χ2n) is 5.27. The number of aromatic hydroxyl groups is 1. The molecule has 3 heteroatoms. The minimum atomic E-state index is 0.413. The van der Waals surface area contributed by atoms with Gasteiger partial charge < -0.3 is 14.9 Å². The number of phenolic OH excluding ortho intramolecular Hbond substituents is 1. The van der Waals surface area contributed by atoms with E-state index in [1.54, 1.807) is 0 Å². The van der Waals surface area contributed by atoms with Crippen molar-refractivity contribution >= 4 is 0 Å². The minimum Gasteiger partial charge on any atom is -0.508 e. The van der Waals surface area contributed by atoms with E-state index in [1.807, 2.05) is 20.2 Å². The zero-order valence-corrected chi connectivity index (χ0v) is 11.8. The predicted molar refractivity (Wildman–Crippen MR) is 72.4 cm³/mol. The second kappa shape index (κ2) is 5.52. The molecule has 3 nitrogen and oxygen atoms in total. The lowest BCUT2D eigenvalue weighted by Gasteiger charge is -2.21. The standard InChI is InChI=1S/C14H24N2O/c1-10-7-14(17)13(9-16(5)6)11(2)12(10)8-15(3)4/h7,17H,8-9H2,1-6H3. The summed E-state index contributed by atoms with van der Waals surface area (Å²) in [6.07, 6.45) is 0. The van der Waals surface area contributed by atoms with Crippen LogP contribution in [-0.4, -0.2) is 43.1 Å². The molecule has 0 aliphatic carbocycles. The summed E-state index contributed by atoms with van der Waals surface area (Å²) in [7, 11) is 8.17. The first kappa shape index (κ1) is 14.0. The van der Waals surface area contributed by atoms with Crippen molar-refractivity contribution in [2.24, 2.45) is 0 Å². The lowest BCUT2D eigenvalue weighted by Crippen LogP contribution is -2.16. The average Bonchev–Trinajstić information content (AvgIpc) is 2.18. The van der Waals surface area contributed by atoms with Gasteiger partial charge in [0.05, 0.1) is 0 Å². The first-order valence-corrected chi connectivity index (χ1v) is 5.93. The molecular formula is C14H24N2O. The minimum absolute atomic E-state index is 0.413. The smallest absolute Gasteiger partial charge is 0.120 e. The average molecular weight is 236 g/mol. The van der Waals surface area contributed by atoms with Crippen LogP contribution in [0.4, 0.5) is 0 Å². The van der Waals surface area contributed by atoms with Crippen molar-refractivity contribution in [1.29, 1.82) is 0 Å². The van der Waals surface area contributed by atoms with Crippen molar-refractivity contribution in [3.8, 4) is 5.75 Å². The summed E-state index contributed by atoms with van der Waals surface area (Å²) in [5.74, 6) is 0.413. The van der Waals surface area contributed by atoms with Crippen molar-refractivity contribution in [3.63, 3.8) is 0 Å². The van der Waals surface area contributed by atoms with Crippen LogP contribution >= 0.6 is 0 Å². The number of rotatable bonds is 4. The molecule has 1 rings (SSSR count). The van der Waals surface area contributed by atoms with Crippen LogP contribution in [0, 0.1) is 13.8 Å². The fraction of sp³-hybridized carbons (Fsp3) is 0.571. The van der Waals surface area contributed by atoms with Crippen LogP contribution in [0.2, 0.25) is 0 Å². The van der Waals surface area contributed by atoms with E-state index in [0.717, 1.165) is 24.2 Å². The van der Waals surface area contributed by atoms with Crippen LogP contribution < -0.4 is 0 Å². The number of aryl methyl sites for hydroxylation is 1. The Morgan fingerprint density at radius 2 is 1.41 bits per heavy atom. The van der Waals surface area contributed by atoms with Crippen molar-refractivity contribution in [2.75, 3.05) is 28.2 Å². The van der Waals surface area contributed by atoms with E-state index in [9.17, 15) is 5.11 Å². The van der Waals surface area contributed by atoms with E-state index in [-0.39, 0.29) is 0 Å². The number of hydrogen-bond donors (Lipinski definition) is 1. The van der Waals surface area contributed by atoms with E-state index in [0.29, 0.717) is 5.75 Å². The summed E-state index contributed by atoms with van der Waals surface area (Å²) in [5.41, 5.74) is 4.74. The van der Waals surface area contributed by atoms with Crippen LogP contribution in [0.3, 0.4) is 0 Å². The van der Waals surface area contributed by atoms with Gasteiger partial charge in [0.2, 0.25) is 0 Å². The molecule has 0 spiro atoms. The Labute approximate surface area is 105 Å². The molecule has 1 aromatic carbocycles. The SMILES string of the molecule is Cc1cc(O)c(CN(C)C)c(C)c1CN(C)C. The van der Waals surface area contributed by atoms with Crippen LogP contribution in [0.5, 0.6) is 5.75 Å². The zero-order chi connectivity index (χ0) is 13.2. The molecule has 0 aliphatic heterocycles. The Morgan fingerprint density at radius 3 is 1.88 bits per heavy atom. The van der Waals surface area contributed by atoms with Gasteiger partial charge in [-0.1, -0.05) is 0 Å². The third kappa shape index (κ3) is 3.45. The summed E-state index contributed by atoms with van der Waals surface area (Å²) in [4.78, 5) is 4.24. The summed E-state index contributed by atoms with van der Waals surface area (Å²) in [6, 6.07) is 1.88. The third-order valence-corrected chi connectivity index (χ3v) is 2.99. The van der Waals surface area contributed by atoms with Gasteiger partial charge in [0.25, 0.3) is 0 Å². The van der Waals surface area contributed by atoms with E-state index in [4.69, 9.17) is 0 Å². The largest absolute Gasteiger partial charge is 0.508 e. The van der Waals surface area contributed by atoms with Crippen molar-refractivity contribution < 1.29 is 5.11 Å². The number of phenols is 1. The maximum atomic E-state index is 10.0. The topological polar surface area (TPSA) is 26.7 Å². The molecule has 0 heterocycles. The highest BCUT2D eigenvalue weighted by Crippen LogP contribution is 2.28. The summed E-state index contributed by atoms with van der Waals surface area (Å²) in [5, 5.41) is 10.0. The van der Waals surface area contributed by atoms with Crippen LogP contribution in [-0.2, 0) is 13.1 Å². The lowest BCUT2D eigenvalue weighted by molar-refractivity contribution is 0.379. The van der Waals surface area contributed by atoms with E-state index >= 15 is 0 Å². The van der Waals surface area contributed by atoms with E-state index in [1.165, 1.54) is 11.1 Å². The molecule has 0 bridgehead atoms. The van der Waals surface area contributed by atoms with Crippen LogP contribution in [0.15, 0.2) is 6.07 Å². The van der Waals surface area contributed by atoms with Crippen molar-refractivity contribution in [2.45, 2.75) is 26.9 Å². The highest BCUT2D eigenvalue weighted by molar-refractivity contribution is 5.48. The number of nitrogens with zero attached hydrogens (tertiary/aromatic N) is 2. The second-order valence-corrected chi connectivity index (χ2v) is 5.27. The Hall–Kier alpha value is -1.06. The summed E-state index contributed by atoms with van der Waals surface area (Å²) < 4.78 is 0. The normalized spacial score (nSPS) is 11.5. The highest BCUT2D eigenvalue weighted by Gasteiger charge is 2.13. The van der Waals surface area contributed by atoms with Gasteiger partial charge in [-0.05, 0) is 64.8 Å². The van der Waals surface area contributed by atoms with Crippen LogP contribution in [0.1, 0.15) is 22.3 Å². The molecule has 0 fully saturated rings. The molecule has 1 N–H and O–H groups in total. The fourth-order valence-electron chi connectivity index (χ4n) is 2.12. The Kier molecular flexibility index (Phi) is 4.54. The van der Waals surface area contributed by atoms with Gasteiger partial charge in [-0.3, -0.25) is 0 Å². The highest BCUT2D eigenvalue weighted by atomic mass is 16.3. The molecular weight excluding hydrogens is 212 g/mol. The zero-order valence-electron chi connectivity index (χ0n) is 11.8. The molecule has 0 radical (unpaired) electrons. The quantitative estimate of drug-likeness (QED) is 0.867. The van der Waals surface area contributed by atoms with Gasteiger partial charge in [0.15, 0.2) is 0 Å². The number of hydrogen-bond acceptors (Lipinski definition) is 3. The Balaban J connectivity index is 3.22. The first-order valence-electron chi connectivity index (χ1n) is 5.93. The maximum absolute atomic E-state index is 10.0. The van der Waals surface area contributed by atoms with Gasteiger partial charge in [0, 0.05) is 18.7 Å². The molecule has 96 valence electrons. The molecule has 0 aromatic heterocycles. The van der Waals surface area contributed by atoms with Gasteiger partial charge in [0.1, 0.15) is 5.75 Å². The molecule has 17 heavy (non-hydrogen) atoms. The molecule has 0 amide bonds. The molecule has 0 atom stereocenters. The van der Waals surface area contributed by atoms with Crippen molar-refractivity contribution in [1.82, 2.24) is 9.80 Å². The Bertz CT molecular complexity index is 363. The summed E-state index contributed by atoms with van der Waals surface area (Å²) >= 11 is 0. The molecule has 0 saturated heterocycles.